The molecule has 2 N–H and O–H groups in total. The van der Waals surface area contributed by atoms with Crippen molar-refractivity contribution in [2.24, 2.45) is 5.92 Å². The minimum Gasteiger partial charge on any atom is -0.348 e. The molecule has 0 saturated carbocycles. The molecule has 0 aliphatic carbocycles. The van der Waals surface area contributed by atoms with Crippen LogP contribution in [0.4, 0.5) is 5.69 Å². The van der Waals surface area contributed by atoms with E-state index in [0.29, 0.717) is 0 Å². The van der Waals surface area contributed by atoms with Crippen LogP contribution in [-0.2, 0) is 15.0 Å². The molecule has 2 heterocycles. The second kappa shape index (κ2) is 6.59. The SMILES string of the molecule is C[C@@H]1C(=O)N[C@H](c2ccccc2)[C@@]2(C(=O)Nc3ccccc32)[C@@H]1c1ccccc1. The quantitative estimate of drug-likeness (QED) is 0.699. The van der Waals surface area contributed by atoms with Crippen LogP contribution in [0.3, 0.4) is 0 Å². The van der Waals surface area contributed by atoms with Crippen molar-refractivity contribution in [1.82, 2.24) is 5.32 Å². The maximum atomic E-state index is 13.8. The fraction of sp³-hybridized carbons (Fsp3) is 0.200. The van der Waals surface area contributed by atoms with Crippen molar-refractivity contribution in [2.75, 3.05) is 5.32 Å². The Hall–Kier alpha value is -3.40. The standard InChI is InChI=1S/C25H22N2O2/c1-16-21(17-10-4-2-5-11-17)25(19-14-8-9-15-20(19)26-24(25)29)22(27-23(16)28)18-12-6-3-7-13-18/h2-16,21-22H,1H3,(H,26,29)(H,27,28)/t16-,21-,22+,25-/m0/s1. The molecule has 0 aromatic heterocycles. The van der Waals surface area contributed by atoms with Crippen molar-refractivity contribution >= 4 is 17.5 Å². The summed E-state index contributed by atoms with van der Waals surface area (Å²) in [5.41, 5.74) is 2.78. The van der Waals surface area contributed by atoms with E-state index in [4.69, 9.17) is 0 Å². The predicted octanol–water partition coefficient (Wildman–Crippen LogP) is 4.17. The number of para-hydroxylation sites is 1. The first-order valence-electron chi connectivity index (χ1n) is 9.95. The highest BCUT2D eigenvalue weighted by Crippen LogP contribution is 2.58. The normalized spacial score (nSPS) is 28.0. The number of carbonyl (C=O) groups is 2. The van der Waals surface area contributed by atoms with Crippen molar-refractivity contribution in [2.45, 2.75) is 24.3 Å². The van der Waals surface area contributed by atoms with E-state index in [1.165, 1.54) is 0 Å². The lowest BCUT2D eigenvalue weighted by Crippen LogP contribution is -2.60. The summed E-state index contributed by atoms with van der Waals surface area (Å²) < 4.78 is 0. The number of rotatable bonds is 2. The summed E-state index contributed by atoms with van der Waals surface area (Å²) in [7, 11) is 0. The molecule has 1 spiro atoms. The molecule has 144 valence electrons. The predicted molar refractivity (Wildman–Crippen MR) is 112 cm³/mol. The monoisotopic (exact) mass is 382 g/mol. The number of anilines is 1. The Morgan fingerprint density at radius 1 is 0.759 bits per heavy atom. The Labute approximate surface area is 170 Å². The second-order valence-corrected chi connectivity index (χ2v) is 7.90. The van der Waals surface area contributed by atoms with Gasteiger partial charge in [-0.25, -0.2) is 0 Å². The van der Waals surface area contributed by atoms with Gasteiger partial charge in [-0.15, -0.1) is 0 Å². The van der Waals surface area contributed by atoms with Crippen LogP contribution >= 0.6 is 0 Å². The molecule has 4 heteroatoms. The first-order valence-corrected chi connectivity index (χ1v) is 9.95. The third-order valence-corrected chi connectivity index (χ3v) is 6.43. The molecule has 0 radical (unpaired) electrons. The molecular weight excluding hydrogens is 360 g/mol. The molecule has 5 rings (SSSR count). The first kappa shape index (κ1) is 17.7. The van der Waals surface area contributed by atoms with Gasteiger partial charge in [-0.3, -0.25) is 9.59 Å². The van der Waals surface area contributed by atoms with Gasteiger partial charge in [-0.1, -0.05) is 85.8 Å². The van der Waals surface area contributed by atoms with E-state index in [1.807, 2.05) is 91.9 Å². The average Bonchev–Trinajstić information content (AvgIpc) is 3.05. The Kier molecular flexibility index (Phi) is 4.02. The minimum absolute atomic E-state index is 0.0319. The van der Waals surface area contributed by atoms with Gasteiger partial charge in [0.2, 0.25) is 11.8 Å². The second-order valence-electron chi connectivity index (χ2n) is 7.90. The molecule has 4 atom stereocenters. The van der Waals surface area contributed by atoms with Crippen LogP contribution in [0.25, 0.3) is 0 Å². The summed E-state index contributed by atoms with van der Waals surface area (Å²) in [5.74, 6) is -0.732. The zero-order chi connectivity index (χ0) is 20.0. The summed E-state index contributed by atoms with van der Waals surface area (Å²) >= 11 is 0. The highest BCUT2D eigenvalue weighted by atomic mass is 16.2. The highest BCUT2D eigenvalue weighted by molar-refractivity contribution is 6.09. The van der Waals surface area contributed by atoms with E-state index >= 15 is 0 Å². The lowest BCUT2D eigenvalue weighted by atomic mass is 9.56. The summed E-state index contributed by atoms with van der Waals surface area (Å²) in [6.07, 6.45) is 0. The lowest BCUT2D eigenvalue weighted by molar-refractivity contribution is -0.135. The van der Waals surface area contributed by atoms with Crippen LogP contribution in [0, 0.1) is 5.92 Å². The number of nitrogens with one attached hydrogen (secondary N) is 2. The fourth-order valence-corrected chi connectivity index (χ4v) is 5.21. The van der Waals surface area contributed by atoms with E-state index in [0.717, 1.165) is 22.4 Å². The topological polar surface area (TPSA) is 58.2 Å². The van der Waals surface area contributed by atoms with Crippen molar-refractivity contribution in [3.05, 3.63) is 102 Å². The van der Waals surface area contributed by atoms with Gasteiger partial charge in [0, 0.05) is 17.5 Å². The molecule has 2 aliphatic rings. The molecule has 3 aromatic rings. The largest absolute Gasteiger partial charge is 0.348 e. The molecule has 1 fully saturated rings. The van der Waals surface area contributed by atoms with Gasteiger partial charge < -0.3 is 10.6 Å². The molecule has 1 saturated heterocycles. The number of fused-ring (bicyclic) bond motifs is 2. The summed E-state index contributed by atoms with van der Waals surface area (Å²) in [5, 5.41) is 6.29. The molecule has 0 unspecified atom stereocenters. The Balaban J connectivity index is 1.83. The van der Waals surface area contributed by atoms with Crippen molar-refractivity contribution < 1.29 is 9.59 Å². The highest BCUT2D eigenvalue weighted by Gasteiger charge is 2.63. The Bertz CT molecular complexity index is 1080. The van der Waals surface area contributed by atoms with Crippen molar-refractivity contribution in [1.29, 1.82) is 0 Å². The number of piperidine rings is 1. The average molecular weight is 382 g/mol. The molecule has 0 bridgehead atoms. The zero-order valence-corrected chi connectivity index (χ0v) is 16.1. The first-order chi connectivity index (χ1) is 14.1. The number of carbonyl (C=O) groups excluding carboxylic acids is 2. The molecule has 3 aromatic carbocycles. The van der Waals surface area contributed by atoms with Crippen LogP contribution in [0.15, 0.2) is 84.9 Å². The van der Waals surface area contributed by atoms with Gasteiger partial charge >= 0.3 is 0 Å². The van der Waals surface area contributed by atoms with Gasteiger partial charge in [0.05, 0.1) is 6.04 Å². The summed E-state index contributed by atoms with van der Waals surface area (Å²) in [6, 6.07) is 27.2. The molecule has 2 aliphatic heterocycles. The Morgan fingerprint density at radius 3 is 2.03 bits per heavy atom. The number of hydrogen-bond donors (Lipinski definition) is 2. The molecule has 29 heavy (non-hydrogen) atoms. The fourth-order valence-electron chi connectivity index (χ4n) is 5.21. The van der Waals surface area contributed by atoms with E-state index < -0.39 is 11.5 Å². The summed E-state index contributed by atoms with van der Waals surface area (Å²) in [6.45, 7) is 1.92. The van der Waals surface area contributed by atoms with Gasteiger partial charge in [-0.2, -0.15) is 0 Å². The number of amides is 2. The van der Waals surface area contributed by atoms with Crippen molar-refractivity contribution in [3.63, 3.8) is 0 Å². The van der Waals surface area contributed by atoms with Gasteiger partial charge in [0.25, 0.3) is 0 Å². The molecule has 4 nitrogen and oxygen atoms in total. The van der Waals surface area contributed by atoms with Gasteiger partial charge in [-0.05, 0) is 22.8 Å². The number of benzene rings is 3. The molecule has 2 amide bonds. The third-order valence-electron chi connectivity index (χ3n) is 6.43. The van der Waals surface area contributed by atoms with E-state index in [2.05, 4.69) is 10.6 Å². The summed E-state index contributed by atoms with van der Waals surface area (Å²) in [4.78, 5) is 26.8. The van der Waals surface area contributed by atoms with Gasteiger partial charge in [0.1, 0.15) is 5.41 Å². The van der Waals surface area contributed by atoms with E-state index in [1.54, 1.807) is 0 Å². The Morgan fingerprint density at radius 2 is 1.34 bits per heavy atom. The van der Waals surface area contributed by atoms with E-state index in [9.17, 15) is 9.59 Å². The van der Waals surface area contributed by atoms with Crippen LogP contribution in [0.2, 0.25) is 0 Å². The van der Waals surface area contributed by atoms with Crippen LogP contribution < -0.4 is 10.6 Å². The van der Waals surface area contributed by atoms with Gasteiger partial charge in [0.15, 0.2) is 0 Å². The third kappa shape index (κ3) is 2.45. The lowest BCUT2D eigenvalue weighted by Gasteiger charge is -2.49. The molecular formula is C25H22N2O2. The maximum absolute atomic E-state index is 13.8. The smallest absolute Gasteiger partial charge is 0.238 e. The zero-order valence-electron chi connectivity index (χ0n) is 16.1. The van der Waals surface area contributed by atoms with Crippen LogP contribution in [-0.4, -0.2) is 11.8 Å². The van der Waals surface area contributed by atoms with Crippen LogP contribution in [0.1, 0.15) is 35.6 Å². The minimum atomic E-state index is -0.924. The number of hydrogen-bond acceptors (Lipinski definition) is 2. The maximum Gasteiger partial charge on any atom is 0.238 e. The van der Waals surface area contributed by atoms with Crippen molar-refractivity contribution in [3.8, 4) is 0 Å². The van der Waals surface area contributed by atoms with E-state index in [-0.39, 0.29) is 23.7 Å². The van der Waals surface area contributed by atoms with Crippen LogP contribution in [0.5, 0.6) is 0 Å².